The number of aromatic nitrogens is 1. The maximum atomic E-state index is 12.9. The molecule has 1 saturated heterocycles. The first kappa shape index (κ1) is 19.0. The summed E-state index contributed by atoms with van der Waals surface area (Å²) in [5, 5.41) is 0.614. The molecule has 2 heterocycles. The number of fused-ring (bicyclic) bond motifs is 1. The summed E-state index contributed by atoms with van der Waals surface area (Å²) < 4.78 is 45.0. The molecule has 0 radical (unpaired) electrons. The number of alkyl halides is 3. The van der Waals surface area contributed by atoms with E-state index < -0.39 is 11.7 Å². The lowest BCUT2D eigenvalue weighted by Gasteiger charge is -2.33. The Morgan fingerprint density at radius 1 is 1.19 bits per heavy atom. The Hall–Kier alpha value is -1.82. The van der Waals surface area contributed by atoms with Crippen LogP contribution >= 0.6 is 0 Å². The molecule has 1 fully saturated rings. The second-order valence-electron chi connectivity index (χ2n) is 7.98. The lowest BCUT2D eigenvalue weighted by Crippen LogP contribution is -2.39. The van der Waals surface area contributed by atoms with Gasteiger partial charge in [0.15, 0.2) is 0 Å². The highest BCUT2D eigenvalue weighted by Crippen LogP contribution is 2.36. The van der Waals surface area contributed by atoms with Crippen LogP contribution in [0.5, 0.6) is 5.75 Å². The molecule has 1 aromatic heterocycles. The number of nitrogens with zero attached hydrogens (tertiary/aromatic N) is 2. The molecule has 142 valence electrons. The van der Waals surface area contributed by atoms with Gasteiger partial charge in [-0.2, -0.15) is 13.2 Å². The van der Waals surface area contributed by atoms with Crippen molar-refractivity contribution in [3.8, 4) is 5.75 Å². The fourth-order valence-electron chi connectivity index (χ4n) is 3.78. The van der Waals surface area contributed by atoms with E-state index in [9.17, 15) is 13.2 Å². The number of rotatable bonds is 3. The van der Waals surface area contributed by atoms with E-state index in [0.29, 0.717) is 22.7 Å². The van der Waals surface area contributed by atoms with Crippen molar-refractivity contribution in [1.82, 2.24) is 9.88 Å². The van der Waals surface area contributed by atoms with Crippen molar-refractivity contribution in [1.29, 1.82) is 0 Å². The molecule has 0 amide bonds. The van der Waals surface area contributed by atoms with Crippen LogP contribution in [0.15, 0.2) is 30.5 Å². The van der Waals surface area contributed by atoms with Crippen LogP contribution < -0.4 is 4.74 Å². The summed E-state index contributed by atoms with van der Waals surface area (Å²) in [5.74, 6) is 0.597. The highest BCUT2D eigenvalue weighted by molar-refractivity contribution is 5.85. The van der Waals surface area contributed by atoms with Gasteiger partial charge >= 0.3 is 6.18 Å². The number of hydrogen-bond donors (Lipinski definition) is 0. The second kappa shape index (κ2) is 6.72. The average Bonchev–Trinajstić information content (AvgIpc) is 2.97. The van der Waals surface area contributed by atoms with E-state index in [1.54, 1.807) is 6.07 Å². The highest BCUT2D eigenvalue weighted by Gasteiger charge is 2.39. The molecule has 0 aliphatic carbocycles. The minimum atomic E-state index is -4.38. The predicted octanol–water partition coefficient (Wildman–Crippen LogP) is 5.14. The Kier molecular flexibility index (Phi) is 4.90. The first-order valence-electron chi connectivity index (χ1n) is 8.96. The van der Waals surface area contributed by atoms with Gasteiger partial charge in [-0.3, -0.25) is 9.88 Å². The normalized spacial score (nSPS) is 22.1. The van der Waals surface area contributed by atoms with Gasteiger partial charge in [0.25, 0.3) is 0 Å². The van der Waals surface area contributed by atoms with Crippen molar-refractivity contribution < 1.29 is 17.9 Å². The Balaban J connectivity index is 1.86. The van der Waals surface area contributed by atoms with Gasteiger partial charge in [-0.05, 0) is 36.2 Å². The number of pyridine rings is 1. The topological polar surface area (TPSA) is 25.4 Å². The number of ether oxygens (including phenoxy) is 1. The number of halogens is 3. The van der Waals surface area contributed by atoms with Crippen molar-refractivity contribution in [2.75, 3.05) is 13.1 Å². The molecule has 1 aliphatic rings. The third-order valence-corrected chi connectivity index (χ3v) is 5.09. The van der Waals surface area contributed by atoms with Crippen LogP contribution in [0, 0.1) is 5.41 Å². The third-order valence-electron chi connectivity index (χ3n) is 5.09. The van der Waals surface area contributed by atoms with Gasteiger partial charge in [-0.15, -0.1) is 0 Å². The Morgan fingerprint density at radius 2 is 1.92 bits per heavy atom. The molecular weight excluding hydrogens is 341 g/mol. The first-order chi connectivity index (χ1) is 12.1. The van der Waals surface area contributed by atoms with E-state index in [0.717, 1.165) is 31.6 Å². The number of likely N-dealkylation sites (N-methyl/N-ethyl adjacent to an activating group) is 1. The number of benzene rings is 1. The van der Waals surface area contributed by atoms with E-state index in [1.165, 1.54) is 12.3 Å². The first-order valence-corrected chi connectivity index (χ1v) is 8.96. The van der Waals surface area contributed by atoms with Crippen molar-refractivity contribution in [2.24, 2.45) is 5.41 Å². The SMILES string of the molecule is CCN1CC(Oc2ccnc3cc(C(F)(F)F)ccc23)CC1C(C)(C)C. The molecule has 1 aromatic carbocycles. The van der Waals surface area contributed by atoms with Gasteiger partial charge in [0.2, 0.25) is 0 Å². The molecule has 3 rings (SSSR count). The van der Waals surface area contributed by atoms with Gasteiger partial charge in [-0.1, -0.05) is 27.7 Å². The summed E-state index contributed by atoms with van der Waals surface area (Å²) in [7, 11) is 0. The second-order valence-corrected chi connectivity index (χ2v) is 7.98. The zero-order valence-corrected chi connectivity index (χ0v) is 15.6. The fourth-order valence-corrected chi connectivity index (χ4v) is 3.78. The van der Waals surface area contributed by atoms with E-state index in [4.69, 9.17) is 4.74 Å². The molecule has 1 aliphatic heterocycles. The van der Waals surface area contributed by atoms with E-state index in [2.05, 4.69) is 37.6 Å². The molecule has 3 nitrogen and oxygen atoms in total. The van der Waals surface area contributed by atoms with E-state index in [-0.39, 0.29) is 11.5 Å². The van der Waals surface area contributed by atoms with Crippen LogP contribution in [-0.4, -0.2) is 35.1 Å². The number of hydrogen-bond acceptors (Lipinski definition) is 3. The summed E-state index contributed by atoms with van der Waals surface area (Å²) in [5.41, 5.74) is -0.244. The molecule has 26 heavy (non-hydrogen) atoms. The summed E-state index contributed by atoms with van der Waals surface area (Å²) in [6, 6.07) is 5.77. The molecule has 2 aromatic rings. The van der Waals surface area contributed by atoms with E-state index >= 15 is 0 Å². The standard InChI is InChI=1S/C20H25F3N2O/c1-5-25-12-14(11-18(25)19(2,3)4)26-17-8-9-24-16-10-13(20(21,22)23)6-7-15(16)17/h6-10,14,18H,5,11-12H2,1-4H3. The van der Waals surface area contributed by atoms with Gasteiger partial charge in [-0.25, -0.2) is 0 Å². The largest absolute Gasteiger partial charge is 0.488 e. The molecule has 0 spiro atoms. The molecule has 2 atom stereocenters. The lowest BCUT2D eigenvalue weighted by molar-refractivity contribution is -0.137. The predicted molar refractivity (Wildman–Crippen MR) is 96.3 cm³/mol. The van der Waals surface area contributed by atoms with Gasteiger partial charge in [0.05, 0.1) is 11.1 Å². The Labute approximate surface area is 152 Å². The summed E-state index contributed by atoms with van der Waals surface area (Å²) in [6.07, 6.45) is -1.94. The maximum absolute atomic E-state index is 12.9. The average molecular weight is 366 g/mol. The zero-order chi connectivity index (χ0) is 19.1. The van der Waals surface area contributed by atoms with Crippen LogP contribution in [0.3, 0.4) is 0 Å². The van der Waals surface area contributed by atoms with Crippen LogP contribution in [0.25, 0.3) is 10.9 Å². The van der Waals surface area contributed by atoms with Gasteiger partial charge in [0.1, 0.15) is 11.9 Å². The highest BCUT2D eigenvalue weighted by atomic mass is 19.4. The molecular formula is C20H25F3N2O. The zero-order valence-electron chi connectivity index (χ0n) is 15.6. The minimum absolute atomic E-state index is 0.0204. The molecule has 2 unspecified atom stereocenters. The minimum Gasteiger partial charge on any atom is -0.488 e. The Bertz CT molecular complexity index is 783. The molecule has 0 bridgehead atoms. The maximum Gasteiger partial charge on any atom is 0.416 e. The van der Waals surface area contributed by atoms with Gasteiger partial charge in [0, 0.05) is 30.6 Å². The van der Waals surface area contributed by atoms with Crippen molar-refractivity contribution >= 4 is 10.9 Å². The quantitative estimate of drug-likeness (QED) is 0.752. The summed E-state index contributed by atoms with van der Waals surface area (Å²) >= 11 is 0. The summed E-state index contributed by atoms with van der Waals surface area (Å²) in [6.45, 7) is 10.6. The number of likely N-dealkylation sites (tertiary alicyclic amines) is 1. The Morgan fingerprint density at radius 3 is 2.50 bits per heavy atom. The van der Waals surface area contributed by atoms with Crippen molar-refractivity contribution in [3.63, 3.8) is 0 Å². The monoisotopic (exact) mass is 366 g/mol. The van der Waals surface area contributed by atoms with Gasteiger partial charge < -0.3 is 4.74 Å². The molecule has 0 saturated carbocycles. The van der Waals surface area contributed by atoms with E-state index in [1.807, 2.05) is 0 Å². The van der Waals surface area contributed by atoms with Crippen LogP contribution in [-0.2, 0) is 6.18 Å². The third kappa shape index (κ3) is 3.80. The van der Waals surface area contributed by atoms with Crippen molar-refractivity contribution in [2.45, 2.75) is 52.4 Å². The van der Waals surface area contributed by atoms with Crippen molar-refractivity contribution in [3.05, 3.63) is 36.0 Å². The fraction of sp³-hybridized carbons (Fsp3) is 0.550. The van der Waals surface area contributed by atoms with Crippen LogP contribution in [0.4, 0.5) is 13.2 Å². The lowest BCUT2D eigenvalue weighted by atomic mass is 9.85. The smallest absolute Gasteiger partial charge is 0.416 e. The summed E-state index contributed by atoms with van der Waals surface area (Å²) in [4.78, 5) is 6.50. The van der Waals surface area contributed by atoms with Crippen LogP contribution in [0.1, 0.15) is 39.7 Å². The molecule has 0 N–H and O–H groups in total. The molecule has 6 heteroatoms. The van der Waals surface area contributed by atoms with Crippen LogP contribution in [0.2, 0.25) is 0 Å².